The number of hydrogen-bond acceptors (Lipinski definition) is 7. The normalized spacial score (nSPS) is 11.2. The molecule has 0 saturated carbocycles. The molecule has 0 aliphatic heterocycles. The van der Waals surface area contributed by atoms with Gasteiger partial charge in [-0.2, -0.15) is 0 Å². The minimum atomic E-state index is -0.129. The minimum Gasteiger partial charge on any atom is -0.371 e. The fourth-order valence-electron chi connectivity index (χ4n) is 3.47. The number of carbonyl (C=O) groups excluding carboxylic acids is 1. The zero-order chi connectivity index (χ0) is 21.4. The fourth-order valence-corrected chi connectivity index (χ4v) is 4.56. The molecule has 5 rings (SSSR count). The lowest BCUT2D eigenvalue weighted by Gasteiger charge is -2.06. The molecule has 1 aromatic carbocycles. The summed E-state index contributed by atoms with van der Waals surface area (Å²) in [6.45, 7) is 0.425. The van der Waals surface area contributed by atoms with Crippen LogP contribution in [-0.2, 0) is 13.6 Å². The van der Waals surface area contributed by atoms with Gasteiger partial charge in [-0.05, 0) is 23.8 Å². The molecule has 0 unspecified atom stereocenters. The highest BCUT2D eigenvalue weighted by Gasteiger charge is 2.17. The number of anilines is 1. The van der Waals surface area contributed by atoms with Crippen LogP contribution < -0.4 is 10.6 Å². The summed E-state index contributed by atoms with van der Waals surface area (Å²) in [7, 11) is 3.80. The van der Waals surface area contributed by atoms with Gasteiger partial charge in [0, 0.05) is 44.2 Å². The van der Waals surface area contributed by atoms with Crippen LogP contribution in [0.4, 0.5) is 5.82 Å². The van der Waals surface area contributed by atoms with Crippen LogP contribution in [0.2, 0.25) is 0 Å². The quantitative estimate of drug-likeness (QED) is 0.443. The van der Waals surface area contributed by atoms with E-state index in [1.165, 1.54) is 0 Å². The third-order valence-corrected chi connectivity index (χ3v) is 6.11. The van der Waals surface area contributed by atoms with Crippen molar-refractivity contribution < 1.29 is 4.79 Å². The van der Waals surface area contributed by atoms with Crippen LogP contribution in [-0.4, -0.2) is 37.5 Å². The van der Waals surface area contributed by atoms with Crippen molar-refractivity contribution in [3.05, 3.63) is 66.2 Å². The lowest BCUT2D eigenvalue weighted by molar-refractivity contribution is 0.0951. The number of rotatable bonds is 5. The zero-order valence-corrected chi connectivity index (χ0v) is 17.8. The molecule has 9 heteroatoms. The summed E-state index contributed by atoms with van der Waals surface area (Å²) in [4.78, 5) is 30.1. The molecule has 4 heterocycles. The van der Waals surface area contributed by atoms with Crippen LogP contribution in [0.5, 0.6) is 0 Å². The predicted octanol–water partition coefficient (Wildman–Crippen LogP) is 3.61. The van der Waals surface area contributed by atoms with E-state index in [4.69, 9.17) is 4.98 Å². The van der Waals surface area contributed by atoms with Gasteiger partial charge in [0.1, 0.15) is 15.2 Å². The summed E-state index contributed by atoms with van der Waals surface area (Å²) in [5, 5.41) is 6.93. The zero-order valence-electron chi connectivity index (χ0n) is 17.0. The van der Waals surface area contributed by atoms with Crippen LogP contribution in [0, 0.1) is 0 Å². The topological polar surface area (TPSA) is 97.6 Å². The Morgan fingerprint density at radius 1 is 1.16 bits per heavy atom. The molecular formula is C22H19N7OS. The van der Waals surface area contributed by atoms with Gasteiger partial charge < -0.3 is 15.2 Å². The Morgan fingerprint density at radius 3 is 2.81 bits per heavy atom. The van der Waals surface area contributed by atoms with E-state index >= 15 is 0 Å². The lowest BCUT2D eigenvalue weighted by atomic mass is 10.1. The third kappa shape index (κ3) is 3.49. The molecule has 2 N–H and O–H groups in total. The molecule has 0 aliphatic carbocycles. The first-order valence-electron chi connectivity index (χ1n) is 9.71. The largest absolute Gasteiger partial charge is 0.371 e. The number of hydrogen-bond donors (Lipinski definition) is 2. The van der Waals surface area contributed by atoms with Gasteiger partial charge in [-0.25, -0.2) is 15.0 Å². The Hall–Kier alpha value is -3.85. The monoisotopic (exact) mass is 429 g/mol. The molecule has 0 saturated heterocycles. The van der Waals surface area contributed by atoms with E-state index in [2.05, 4.69) is 25.6 Å². The van der Waals surface area contributed by atoms with Gasteiger partial charge in [-0.1, -0.05) is 18.2 Å². The Bertz CT molecular complexity index is 1410. The maximum absolute atomic E-state index is 12.3. The Labute approximate surface area is 182 Å². The molecule has 0 bridgehead atoms. The highest BCUT2D eigenvalue weighted by Crippen LogP contribution is 2.36. The number of aryl methyl sites for hydroxylation is 1. The standard InChI is InChI=1S/C22H19N7OS/c1-23-19-16-17(29(2)12-26-16)18-20(27-19)28-22(31-18)15-5-3-4-13(10-15)11-25-21(30)14-6-8-24-9-7-14/h3-10,12H,11H2,1-2H3,(H,23,27)(H,25,30). The van der Waals surface area contributed by atoms with Gasteiger partial charge in [0.05, 0.1) is 11.8 Å². The van der Waals surface area contributed by atoms with Crippen LogP contribution >= 0.6 is 11.3 Å². The van der Waals surface area contributed by atoms with Gasteiger partial charge >= 0.3 is 0 Å². The second-order valence-electron chi connectivity index (χ2n) is 7.05. The van der Waals surface area contributed by atoms with E-state index in [-0.39, 0.29) is 5.91 Å². The number of pyridine rings is 2. The number of amides is 1. The van der Waals surface area contributed by atoms with E-state index in [0.29, 0.717) is 23.6 Å². The average Bonchev–Trinajstić information content (AvgIpc) is 3.41. The number of imidazole rings is 1. The van der Waals surface area contributed by atoms with Gasteiger partial charge in [-0.3, -0.25) is 9.78 Å². The number of aromatic nitrogens is 5. The Balaban J connectivity index is 1.46. The molecule has 0 aliphatic rings. The minimum absolute atomic E-state index is 0.129. The van der Waals surface area contributed by atoms with Crippen molar-refractivity contribution in [3.63, 3.8) is 0 Å². The first-order valence-corrected chi connectivity index (χ1v) is 10.5. The van der Waals surface area contributed by atoms with E-state index in [0.717, 1.165) is 31.9 Å². The molecule has 5 aromatic rings. The molecule has 31 heavy (non-hydrogen) atoms. The number of nitrogens with zero attached hydrogens (tertiary/aromatic N) is 5. The highest BCUT2D eigenvalue weighted by atomic mass is 32.1. The fraction of sp³-hybridized carbons (Fsp3) is 0.136. The molecule has 0 atom stereocenters. The van der Waals surface area contributed by atoms with Crippen molar-refractivity contribution in [2.75, 3.05) is 12.4 Å². The van der Waals surface area contributed by atoms with Crippen molar-refractivity contribution in [2.24, 2.45) is 7.05 Å². The summed E-state index contributed by atoms with van der Waals surface area (Å²) in [6.07, 6.45) is 5.00. The van der Waals surface area contributed by atoms with Gasteiger partial charge in [0.15, 0.2) is 11.5 Å². The predicted molar refractivity (Wildman–Crippen MR) is 122 cm³/mol. The maximum atomic E-state index is 12.3. The van der Waals surface area contributed by atoms with Gasteiger partial charge in [0.2, 0.25) is 0 Å². The number of benzene rings is 1. The van der Waals surface area contributed by atoms with E-state index < -0.39 is 0 Å². The summed E-state index contributed by atoms with van der Waals surface area (Å²) < 4.78 is 2.99. The molecule has 0 spiro atoms. The maximum Gasteiger partial charge on any atom is 0.251 e. The third-order valence-electron chi connectivity index (χ3n) is 5.01. The second kappa shape index (κ2) is 7.77. The van der Waals surface area contributed by atoms with Crippen molar-refractivity contribution >= 4 is 44.4 Å². The second-order valence-corrected chi connectivity index (χ2v) is 8.05. The van der Waals surface area contributed by atoms with E-state index in [9.17, 15) is 4.79 Å². The molecule has 8 nitrogen and oxygen atoms in total. The number of carbonyl (C=O) groups is 1. The van der Waals surface area contributed by atoms with Crippen LogP contribution in [0.3, 0.4) is 0 Å². The molecule has 1 amide bonds. The first kappa shape index (κ1) is 19.1. The van der Waals surface area contributed by atoms with Crippen LogP contribution in [0.15, 0.2) is 55.1 Å². The SMILES string of the molecule is CNc1nc2nc(-c3cccc(CNC(=O)c4ccncc4)c3)sc2c2c1ncn2C. The average molecular weight is 430 g/mol. The van der Waals surface area contributed by atoms with E-state index in [1.807, 2.05) is 42.9 Å². The van der Waals surface area contributed by atoms with E-state index in [1.54, 1.807) is 42.2 Å². The van der Waals surface area contributed by atoms with Gasteiger partial charge in [0.25, 0.3) is 5.91 Å². The van der Waals surface area contributed by atoms with Gasteiger partial charge in [-0.15, -0.1) is 11.3 Å². The number of thiazole rings is 1. The Morgan fingerprint density at radius 2 is 2.00 bits per heavy atom. The summed E-state index contributed by atoms with van der Waals surface area (Å²) >= 11 is 1.59. The Kier molecular flexibility index (Phi) is 4.79. The summed E-state index contributed by atoms with van der Waals surface area (Å²) in [5.41, 5.74) is 5.11. The molecule has 4 aromatic heterocycles. The van der Waals surface area contributed by atoms with Crippen molar-refractivity contribution in [3.8, 4) is 10.6 Å². The van der Waals surface area contributed by atoms with Crippen molar-refractivity contribution in [2.45, 2.75) is 6.54 Å². The molecule has 0 radical (unpaired) electrons. The smallest absolute Gasteiger partial charge is 0.251 e. The molecule has 0 fully saturated rings. The molecular weight excluding hydrogens is 410 g/mol. The first-order chi connectivity index (χ1) is 15.1. The van der Waals surface area contributed by atoms with Crippen LogP contribution in [0.1, 0.15) is 15.9 Å². The lowest BCUT2D eigenvalue weighted by Crippen LogP contribution is -2.22. The number of fused-ring (bicyclic) bond motifs is 3. The molecule has 154 valence electrons. The van der Waals surface area contributed by atoms with Crippen molar-refractivity contribution in [1.82, 2.24) is 29.8 Å². The summed E-state index contributed by atoms with van der Waals surface area (Å²) in [5.74, 6) is 0.586. The van der Waals surface area contributed by atoms with Crippen LogP contribution in [0.25, 0.3) is 32.0 Å². The summed E-state index contributed by atoms with van der Waals surface area (Å²) in [6, 6.07) is 11.4. The highest BCUT2D eigenvalue weighted by molar-refractivity contribution is 7.22. The van der Waals surface area contributed by atoms with Crippen molar-refractivity contribution in [1.29, 1.82) is 0 Å². The number of nitrogens with one attached hydrogen (secondary N) is 2.